The fourth-order valence-electron chi connectivity index (χ4n) is 1.88. The van der Waals surface area contributed by atoms with Crippen molar-refractivity contribution in [2.75, 3.05) is 5.32 Å². The molecule has 6 heteroatoms. The minimum absolute atomic E-state index is 0.0347. The average Bonchev–Trinajstić information content (AvgIpc) is 3.20. The second-order valence-electron chi connectivity index (χ2n) is 4.45. The lowest BCUT2D eigenvalue weighted by molar-refractivity contribution is -0.138. The number of anilines is 1. The van der Waals surface area contributed by atoms with E-state index in [4.69, 9.17) is 5.11 Å². The van der Waals surface area contributed by atoms with E-state index >= 15 is 0 Å². The van der Waals surface area contributed by atoms with Gasteiger partial charge in [0, 0.05) is 12.2 Å². The number of hydrogen-bond acceptors (Lipinski definition) is 5. The third-order valence-corrected chi connectivity index (χ3v) is 3.03. The summed E-state index contributed by atoms with van der Waals surface area (Å²) in [6.45, 7) is 0. The molecule has 6 nitrogen and oxygen atoms in total. The van der Waals surface area contributed by atoms with Gasteiger partial charge < -0.3 is 10.4 Å². The van der Waals surface area contributed by atoms with E-state index < -0.39 is 5.97 Å². The standard InChI is InChI=1S/C13H12N4O2/c18-13(19)8-7-11(8)15-12-5-4-10(16-17-12)9-3-1-2-6-14-9/h1-6,8,11H,7H2,(H,15,17)(H,18,19). The number of rotatable bonds is 4. The van der Waals surface area contributed by atoms with Crippen LogP contribution in [0.4, 0.5) is 5.82 Å². The van der Waals surface area contributed by atoms with Gasteiger partial charge in [0.15, 0.2) is 0 Å². The molecule has 0 spiro atoms. The molecule has 2 unspecified atom stereocenters. The van der Waals surface area contributed by atoms with Gasteiger partial charge in [0.1, 0.15) is 11.5 Å². The van der Waals surface area contributed by atoms with Gasteiger partial charge in [0.2, 0.25) is 0 Å². The first-order valence-electron chi connectivity index (χ1n) is 5.98. The molecule has 3 rings (SSSR count). The van der Waals surface area contributed by atoms with Gasteiger partial charge in [-0.2, -0.15) is 0 Å². The number of carbonyl (C=O) groups is 1. The molecule has 0 aromatic carbocycles. The molecule has 1 aliphatic carbocycles. The lowest BCUT2D eigenvalue weighted by atomic mass is 10.2. The molecule has 0 radical (unpaired) electrons. The minimum Gasteiger partial charge on any atom is -0.481 e. The van der Waals surface area contributed by atoms with E-state index in [0.29, 0.717) is 17.9 Å². The molecule has 1 aliphatic rings. The van der Waals surface area contributed by atoms with Gasteiger partial charge >= 0.3 is 5.97 Å². The van der Waals surface area contributed by atoms with Crippen LogP contribution in [0.5, 0.6) is 0 Å². The van der Waals surface area contributed by atoms with E-state index in [-0.39, 0.29) is 12.0 Å². The van der Waals surface area contributed by atoms with Crippen LogP contribution in [-0.2, 0) is 4.79 Å². The summed E-state index contributed by atoms with van der Waals surface area (Å²) in [5, 5.41) is 20.0. The van der Waals surface area contributed by atoms with Crippen molar-refractivity contribution in [3.05, 3.63) is 36.5 Å². The normalized spacial score (nSPS) is 20.8. The predicted octanol–water partition coefficient (Wildman–Crippen LogP) is 1.42. The number of nitrogens with zero attached hydrogens (tertiary/aromatic N) is 3. The summed E-state index contributed by atoms with van der Waals surface area (Å²) in [5.41, 5.74) is 1.45. The fraction of sp³-hybridized carbons (Fsp3) is 0.231. The minimum atomic E-state index is -0.768. The van der Waals surface area contributed by atoms with Gasteiger partial charge in [0.25, 0.3) is 0 Å². The number of nitrogens with one attached hydrogen (secondary N) is 1. The van der Waals surface area contributed by atoms with E-state index in [9.17, 15) is 4.79 Å². The van der Waals surface area contributed by atoms with Gasteiger partial charge in [0.05, 0.1) is 11.6 Å². The molecule has 0 aliphatic heterocycles. The molecule has 2 aromatic heterocycles. The van der Waals surface area contributed by atoms with Crippen molar-refractivity contribution in [1.29, 1.82) is 0 Å². The summed E-state index contributed by atoms with van der Waals surface area (Å²) in [6.07, 6.45) is 2.34. The monoisotopic (exact) mass is 256 g/mol. The summed E-state index contributed by atoms with van der Waals surface area (Å²) in [7, 11) is 0. The topological polar surface area (TPSA) is 88.0 Å². The zero-order valence-corrected chi connectivity index (χ0v) is 10.0. The summed E-state index contributed by atoms with van der Waals surface area (Å²) in [5.74, 6) is -0.485. The second-order valence-corrected chi connectivity index (χ2v) is 4.45. The molecule has 2 aromatic rings. The highest BCUT2D eigenvalue weighted by Crippen LogP contribution is 2.33. The van der Waals surface area contributed by atoms with Crippen LogP contribution in [0.15, 0.2) is 36.5 Å². The molecule has 1 saturated carbocycles. The van der Waals surface area contributed by atoms with Gasteiger partial charge in [-0.1, -0.05) is 6.07 Å². The maximum absolute atomic E-state index is 10.7. The number of aliphatic carboxylic acids is 1. The van der Waals surface area contributed by atoms with Crippen LogP contribution in [0, 0.1) is 5.92 Å². The Bertz CT molecular complexity index is 585. The van der Waals surface area contributed by atoms with Crippen LogP contribution in [0.3, 0.4) is 0 Å². The Labute approximate surface area is 109 Å². The molecule has 1 fully saturated rings. The van der Waals surface area contributed by atoms with Crippen LogP contribution in [0.2, 0.25) is 0 Å². The molecule has 0 bridgehead atoms. The highest BCUT2D eigenvalue weighted by Gasteiger charge is 2.43. The molecule has 19 heavy (non-hydrogen) atoms. The Hall–Kier alpha value is -2.50. The van der Waals surface area contributed by atoms with E-state index in [1.807, 2.05) is 24.3 Å². The summed E-state index contributed by atoms with van der Waals surface area (Å²) < 4.78 is 0. The Morgan fingerprint density at radius 3 is 2.68 bits per heavy atom. The van der Waals surface area contributed by atoms with Gasteiger partial charge in [-0.15, -0.1) is 10.2 Å². The number of carboxylic acids is 1. The average molecular weight is 256 g/mol. The number of aromatic nitrogens is 3. The Morgan fingerprint density at radius 2 is 2.11 bits per heavy atom. The Balaban J connectivity index is 1.69. The van der Waals surface area contributed by atoms with E-state index in [1.54, 1.807) is 12.3 Å². The molecule has 2 atom stereocenters. The van der Waals surface area contributed by atoms with Crippen molar-refractivity contribution in [3.63, 3.8) is 0 Å². The first kappa shape index (κ1) is 11.6. The third-order valence-electron chi connectivity index (χ3n) is 3.03. The molecule has 0 saturated heterocycles. The quantitative estimate of drug-likeness (QED) is 0.860. The Kier molecular flexibility index (Phi) is 2.83. The third kappa shape index (κ3) is 2.52. The molecular formula is C13H12N4O2. The SMILES string of the molecule is O=C(O)C1CC1Nc1ccc(-c2ccccn2)nn1. The summed E-state index contributed by atoms with van der Waals surface area (Å²) in [4.78, 5) is 14.9. The lowest BCUT2D eigenvalue weighted by Gasteiger charge is -2.04. The summed E-state index contributed by atoms with van der Waals surface area (Å²) in [6, 6.07) is 9.15. The number of carboxylic acid groups (broad SMARTS) is 1. The van der Waals surface area contributed by atoms with Gasteiger partial charge in [-0.3, -0.25) is 9.78 Å². The maximum atomic E-state index is 10.7. The zero-order valence-electron chi connectivity index (χ0n) is 10.0. The fourth-order valence-corrected chi connectivity index (χ4v) is 1.88. The van der Waals surface area contributed by atoms with Crippen LogP contribution in [-0.4, -0.2) is 32.3 Å². The Morgan fingerprint density at radius 1 is 1.21 bits per heavy atom. The highest BCUT2D eigenvalue weighted by molar-refractivity contribution is 5.75. The van der Waals surface area contributed by atoms with E-state index in [1.165, 1.54) is 0 Å². The van der Waals surface area contributed by atoms with Gasteiger partial charge in [-0.25, -0.2) is 0 Å². The highest BCUT2D eigenvalue weighted by atomic mass is 16.4. The van der Waals surface area contributed by atoms with Gasteiger partial charge in [-0.05, 0) is 30.7 Å². The zero-order chi connectivity index (χ0) is 13.2. The van der Waals surface area contributed by atoms with Crippen molar-refractivity contribution < 1.29 is 9.90 Å². The number of hydrogen-bond donors (Lipinski definition) is 2. The van der Waals surface area contributed by atoms with Crippen molar-refractivity contribution in [2.24, 2.45) is 5.92 Å². The van der Waals surface area contributed by atoms with Crippen LogP contribution >= 0.6 is 0 Å². The first-order valence-corrected chi connectivity index (χ1v) is 5.98. The summed E-state index contributed by atoms with van der Waals surface area (Å²) >= 11 is 0. The van der Waals surface area contributed by atoms with Crippen molar-refractivity contribution in [2.45, 2.75) is 12.5 Å². The lowest BCUT2D eigenvalue weighted by Crippen LogP contribution is -2.11. The maximum Gasteiger partial charge on any atom is 0.308 e. The predicted molar refractivity (Wildman–Crippen MR) is 68.4 cm³/mol. The number of pyridine rings is 1. The molecule has 96 valence electrons. The second kappa shape index (κ2) is 4.64. The van der Waals surface area contributed by atoms with Crippen LogP contribution in [0.1, 0.15) is 6.42 Å². The van der Waals surface area contributed by atoms with E-state index in [2.05, 4.69) is 20.5 Å². The van der Waals surface area contributed by atoms with Crippen molar-refractivity contribution in [1.82, 2.24) is 15.2 Å². The smallest absolute Gasteiger partial charge is 0.308 e. The first-order chi connectivity index (χ1) is 9.24. The largest absolute Gasteiger partial charge is 0.481 e. The molecule has 2 heterocycles. The van der Waals surface area contributed by atoms with E-state index in [0.717, 1.165) is 5.69 Å². The molecule has 0 amide bonds. The van der Waals surface area contributed by atoms with Crippen molar-refractivity contribution >= 4 is 11.8 Å². The molecule has 2 N–H and O–H groups in total. The van der Waals surface area contributed by atoms with Crippen LogP contribution < -0.4 is 5.32 Å². The molecular weight excluding hydrogens is 244 g/mol. The van der Waals surface area contributed by atoms with Crippen molar-refractivity contribution in [3.8, 4) is 11.4 Å². The van der Waals surface area contributed by atoms with Crippen LogP contribution in [0.25, 0.3) is 11.4 Å².